The molecule has 8 nitrogen and oxygen atoms in total. The van der Waals surface area contributed by atoms with Crippen molar-refractivity contribution in [2.45, 2.75) is 19.0 Å². The van der Waals surface area contributed by atoms with E-state index in [1.165, 1.54) is 0 Å². The van der Waals surface area contributed by atoms with Gasteiger partial charge in [0, 0.05) is 23.8 Å². The predicted molar refractivity (Wildman–Crippen MR) is 122 cm³/mol. The molecule has 32 heavy (non-hydrogen) atoms. The van der Waals surface area contributed by atoms with E-state index in [2.05, 4.69) is 10.3 Å². The van der Waals surface area contributed by atoms with Crippen LogP contribution in [0.25, 0.3) is 5.69 Å². The Labute approximate surface area is 190 Å². The number of thiocarbonyl (C=S) groups is 1. The number of benzene rings is 1. The molecule has 1 saturated heterocycles. The first kappa shape index (κ1) is 21.5. The molecule has 0 amide bonds. The summed E-state index contributed by atoms with van der Waals surface area (Å²) in [5, 5.41) is 13.1. The highest BCUT2D eigenvalue weighted by molar-refractivity contribution is 7.80. The van der Waals surface area contributed by atoms with E-state index < -0.39 is 5.97 Å². The lowest BCUT2D eigenvalue weighted by molar-refractivity contribution is -0.143. The molecule has 3 aromatic rings. The van der Waals surface area contributed by atoms with Gasteiger partial charge < -0.3 is 24.6 Å². The van der Waals surface area contributed by atoms with Gasteiger partial charge in [-0.05, 0) is 61.6 Å². The summed E-state index contributed by atoms with van der Waals surface area (Å²) in [6, 6.07) is 15.5. The van der Waals surface area contributed by atoms with Crippen molar-refractivity contribution in [3.8, 4) is 5.69 Å². The standard InChI is InChI=1S/C23H22N4O4S/c1-2-31-19(28)14-27-21(20(25-23(27)32)17-9-3-4-11-24-17)18-10-6-12-26(18)16-8-5-7-15(13-16)22(29)30/h3-13,20-21H,2,14H2,1H3,(H,25,32)(H,29,30)/t20-,21-/m0/s1. The molecule has 0 saturated carbocycles. The largest absolute Gasteiger partial charge is 0.478 e. The maximum atomic E-state index is 12.3. The lowest BCUT2D eigenvalue weighted by Gasteiger charge is -2.28. The Balaban J connectivity index is 1.79. The number of carbonyl (C=O) groups excluding carboxylic acids is 1. The van der Waals surface area contributed by atoms with Crippen LogP contribution in [0.1, 0.15) is 40.8 Å². The molecule has 2 N–H and O–H groups in total. The van der Waals surface area contributed by atoms with Crippen LogP contribution in [0.15, 0.2) is 67.0 Å². The number of pyridine rings is 1. The molecule has 3 heterocycles. The van der Waals surface area contributed by atoms with Crippen molar-refractivity contribution in [1.29, 1.82) is 0 Å². The highest BCUT2D eigenvalue weighted by atomic mass is 32.1. The van der Waals surface area contributed by atoms with Gasteiger partial charge in [-0.25, -0.2) is 4.79 Å². The second-order valence-electron chi connectivity index (χ2n) is 7.22. The molecule has 4 rings (SSSR count). The van der Waals surface area contributed by atoms with E-state index in [1.807, 2.05) is 47.2 Å². The number of esters is 1. The van der Waals surface area contributed by atoms with E-state index in [0.29, 0.717) is 10.8 Å². The Morgan fingerprint density at radius 2 is 2.03 bits per heavy atom. The summed E-state index contributed by atoms with van der Waals surface area (Å²) in [7, 11) is 0. The molecule has 0 radical (unpaired) electrons. The first-order valence-corrected chi connectivity index (χ1v) is 10.5. The van der Waals surface area contributed by atoms with E-state index in [-0.39, 0.29) is 36.8 Å². The molecule has 1 fully saturated rings. The number of ether oxygens (including phenoxy) is 1. The van der Waals surface area contributed by atoms with Crippen molar-refractivity contribution in [2.75, 3.05) is 13.2 Å². The van der Waals surface area contributed by atoms with Gasteiger partial charge in [-0.1, -0.05) is 12.1 Å². The summed E-state index contributed by atoms with van der Waals surface area (Å²) >= 11 is 5.58. The Hall–Kier alpha value is -3.72. The van der Waals surface area contributed by atoms with Crippen LogP contribution < -0.4 is 5.32 Å². The zero-order valence-electron chi connectivity index (χ0n) is 17.3. The number of hydrogen-bond acceptors (Lipinski definition) is 5. The number of hydrogen-bond donors (Lipinski definition) is 2. The third-order valence-electron chi connectivity index (χ3n) is 5.26. The first-order chi connectivity index (χ1) is 15.5. The fourth-order valence-corrected chi connectivity index (χ4v) is 4.21. The maximum Gasteiger partial charge on any atom is 0.335 e. The van der Waals surface area contributed by atoms with Gasteiger partial charge in [-0.15, -0.1) is 0 Å². The van der Waals surface area contributed by atoms with Crippen molar-refractivity contribution >= 4 is 29.3 Å². The summed E-state index contributed by atoms with van der Waals surface area (Å²) in [6.45, 7) is 2.01. The minimum absolute atomic E-state index is 0.0198. The molecular weight excluding hydrogens is 428 g/mol. The molecule has 0 aliphatic carbocycles. The maximum absolute atomic E-state index is 12.3. The van der Waals surface area contributed by atoms with Gasteiger partial charge in [0.05, 0.1) is 29.9 Å². The normalized spacial score (nSPS) is 17.8. The lowest BCUT2D eigenvalue weighted by Crippen LogP contribution is -2.36. The molecule has 164 valence electrons. The monoisotopic (exact) mass is 450 g/mol. The van der Waals surface area contributed by atoms with Gasteiger partial charge in [0.2, 0.25) is 0 Å². The van der Waals surface area contributed by atoms with Gasteiger partial charge in [-0.2, -0.15) is 0 Å². The summed E-state index contributed by atoms with van der Waals surface area (Å²) in [5.41, 5.74) is 2.49. The molecular formula is C23H22N4O4S. The van der Waals surface area contributed by atoms with Gasteiger partial charge in [0.1, 0.15) is 6.54 Å². The number of carboxylic acids is 1. The molecule has 2 atom stereocenters. The highest BCUT2D eigenvalue weighted by Crippen LogP contribution is 2.39. The zero-order chi connectivity index (χ0) is 22.7. The van der Waals surface area contributed by atoms with Crippen molar-refractivity contribution in [2.24, 2.45) is 0 Å². The average Bonchev–Trinajstić information content (AvgIpc) is 3.39. The Morgan fingerprint density at radius 1 is 1.19 bits per heavy atom. The van der Waals surface area contributed by atoms with Crippen molar-refractivity contribution in [3.05, 3.63) is 83.9 Å². The minimum atomic E-state index is -1.00. The van der Waals surface area contributed by atoms with Crippen LogP contribution >= 0.6 is 12.2 Å². The first-order valence-electron chi connectivity index (χ1n) is 10.1. The third-order valence-corrected chi connectivity index (χ3v) is 5.61. The van der Waals surface area contributed by atoms with Crippen molar-refractivity contribution in [1.82, 2.24) is 19.8 Å². The molecule has 0 bridgehead atoms. The fourth-order valence-electron chi connectivity index (χ4n) is 3.90. The lowest BCUT2D eigenvalue weighted by atomic mass is 10.0. The van der Waals surface area contributed by atoms with Crippen LogP contribution in [0.4, 0.5) is 0 Å². The van der Waals surface area contributed by atoms with E-state index in [0.717, 1.165) is 11.4 Å². The second kappa shape index (κ2) is 9.19. The van der Waals surface area contributed by atoms with E-state index in [1.54, 1.807) is 36.2 Å². The van der Waals surface area contributed by atoms with Crippen LogP contribution in [0, 0.1) is 0 Å². The average molecular weight is 451 g/mol. The molecule has 0 unspecified atom stereocenters. The van der Waals surface area contributed by atoms with Gasteiger partial charge in [-0.3, -0.25) is 9.78 Å². The number of rotatable bonds is 7. The van der Waals surface area contributed by atoms with Crippen LogP contribution in [-0.2, 0) is 9.53 Å². The van der Waals surface area contributed by atoms with Crippen LogP contribution in [-0.4, -0.2) is 49.8 Å². The summed E-state index contributed by atoms with van der Waals surface area (Å²) in [4.78, 5) is 30.1. The highest BCUT2D eigenvalue weighted by Gasteiger charge is 2.42. The van der Waals surface area contributed by atoms with Crippen LogP contribution in [0.5, 0.6) is 0 Å². The Kier molecular flexibility index (Phi) is 6.18. The number of nitrogens with one attached hydrogen (secondary N) is 1. The number of aromatic carboxylic acids is 1. The minimum Gasteiger partial charge on any atom is -0.478 e. The fraction of sp³-hybridized carbons (Fsp3) is 0.217. The van der Waals surface area contributed by atoms with Crippen LogP contribution in [0.3, 0.4) is 0 Å². The van der Waals surface area contributed by atoms with Gasteiger partial charge in [0.25, 0.3) is 0 Å². The summed E-state index contributed by atoms with van der Waals surface area (Å²) < 4.78 is 7.06. The molecule has 0 spiro atoms. The third kappa shape index (κ3) is 4.19. The van der Waals surface area contributed by atoms with E-state index in [9.17, 15) is 14.7 Å². The molecule has 1 aliphatic rings. The molecule has 9 heteroatoms. The number of carboxylic acid groups (broad SMARTS) is 1. The van der Waals surface area contributed by atoms with Gasteiger partial charge >= 0.3 is 11.9 Å². The van der Waals surface area contributed by atoms with Crippen molar-refractivity contribution in [3.63, 3.8) is 0 Å². The zero-order valence-corrected chi connectivity index (χ0v) is 18.2. The van der Waals surface area contributed by atoms with Crippen molar-refractivity contribution < 1.29 is 19.4 Å². The predicted octanol–water partition coefficient (Wildman–Crippen LogP) is 3.11. The summed E-state index contributed by atoms with van der Waals surface area (Å²) in [5.74, 6) is -1.38. The molecule has 1 aliphatic heterocycles. The van der Waals surface area contributed by atoms with E-state index >= 15 is 0 Å². The smallest absolute Gasteiger partial charge is 0.335 e. The van der Waals surface area contributed by atoms with E-state index in [4.69, 9.17) is 17.0 Å². The molecule has 1 aromatic carbocycles. The quantitative estimate of drug-likeness (QED) is 0.419. The van der Waals surface area contributed by atoms with Gasteiger partial charge in [0.15, 0.2) is 5.11 Å². The van der Waals surface area contributed by atoms with Crippen LogP contribution in [0.2, 0.25) is 0 Å². The topological polar surface area (TPSA) is 96.7 Å². The SMILES string of the molecule is CCOC(=O)CN1C(=S)N[C@@H](c2ccccn2)[C@@H]1c1cccn1-c1cccc(C(=O)O)c1. The summed E-state index contributed by atoms with van der Waals surface area (Å²) in [6.07, 6.45) is 3.57. The Morgan fingerprint density at radius 3 is 2.75 bits per heavy atom. The second-order valence-corrected chi connectivity index (χ2v) is 7.60. The number of nitrogens with zero attached hydrogens (tertiary/aromatic N) is 3. The molecule has 2 aromatic heterocycles. The number of carbonyl (C=O) groups is 2. The number of aromatic nitrogens is 2. The Bertz CT molecular complexity index is 1150.